The van der Waals surface area contributed by atoms with E-state index in [0.29, 0.717) is 19.8 Å². The molecule has 2 aromatic carbocycles. The van der Waals surface area contributed by atoms with Crippen LogP contribution in [-0.4, -0.2) is 44.8 Å². The van der Waals surface area contributed by atoms with E-state index in [4.69, 9.17) is 9.47 Å². The molecule has 1 aliphatic heterocycles. The summed E-state index contributed by atoms with van der Waals surface area (Å²) in [7, 11) is 3.79. The van der Waals surface area contributed by atoms with Crippen LogP contribution in [0.4, 0.5) is 16.2 Å². The summed E-state index contributed by atoms with van der Waals surface area (Å²) in [6, 6.07) is 13.4. The van der Waals surface area contributed by atoms with Gasteiger partial charge in [-0.25, -0.2) is 4.79 Å². The number of urea groups is 1. The largest absolute Gasteiger partial charge is 0.486 e. The number of nitrogens with one attached hydrogen (secondary N) is 1. The van der Waals surface area contributed by atoms with Gasteiger partial charge in [-0.2, -0.15) is 0 Å². The molecule has 0 bridgehead atoms. The summed E-state index contributed by atoms with van der Waals surface area (Å²) >= 11 is 0. The van der Waals surface area contributed by atoms with Crippen LogP contribution in [-0.2, 0) is 6.54 Å². The predicted octanol–water partition coefficient (Wildman–Crippen LogP) is 3.58. The molecule has 0 saturated carbocycles. The fourth-order valence-corrected chi connectivity index (χ4v) is 2.75. The number of hydrogen-bond acceptors (Lipinski definition) is 4. The molecule has 2 aromatic rings. The molecular weight excluding hydrogens is 330 g/mol. The maximum Gasteiger partial charge on any atom is 0.321 e. The molecule has 1 aliphatic rings. The lowest BCUT2D eigenvalue weighted by molar-refractivity contribution is 0.171. The summed E-state index contributed by atoms with van der Waals surface area (Å²) in [6.45, 7) is 4.60. The van der Waals surface area contributed by atoms with Crippen molar-refractivity contribution in [3.8, 4) is 11.5 Å². The van der Waals surface area contributed by atoms with E-state index in [1.54, 1.807) is 11.9 Å². The first-order chi connectivity index (χ1) is 12.6. The molecular formula is C20H25N3O3. The van der Waals surface area contributed by atoms with Gasteiger partial charge in [0.05, 0.1) is 0 Å². The van der Waals surface area contributed by atoms with Crippen LogP contribution in [0.1, 0.15) is 12.5 Å². The van der Waals surface area contributed by atoms with Crippen molar-refractivity contribution < 1.29 is 14.3 Å². The molecule has 0 saturated heterocycles. The first kappa shape index (κ1) is 17.9. The number of carbonyl (C=O) groups is 1. The van der Waals surface area contributed by atoms with Crippen molar-refractivity contribution in [1.82, 2.24) is 4.90 Å². The van der Waals surface area contributed by atoms with E-state index >= 15 is 0 Å². The highest BCUT2D eigenvalue weighted by molar-refractivity contribution is 5.89. The molecule has 0 fully saturated rings. The number of nitrogens with zero attached hydrogens (tertiary/aromatic N) is 2. The van der Waals surface area contributed by atoms with Crippen molar-refractivity contribution in [2.24, 2.45) is 0 Å². The summed E-state index contributed by atoms with van der Waals surface area (Å²) in [5, 5.41) is 2.95. The number of benzene rings is 2. The predicted molar refractivity (Wildman–Crippen MR) is 103 cm³/mol. The van der Waals surface area contributed by atoms with Crippen LogP contribution in [0.15, 0.2) is 42.5 Å². The van der Waals surface area contributed by atoms with E-state index in [1.807, 2.05) is 49.5 Å². The maximum absolute atomic E-state index is 12.5. The Labute approximate surface area is 154 Å². The van der Waals surface area contributed by atoms with Gasteiger partial charge in [0.2, 0.25) is 0 Å². The third-order valence-electron chi connectivity index (χ3n) is 4.39. The minimum absolute atomic E-state index is 0.156. The number of rotatable bonds is 5. The second-order valence-electron chi connectivity index (χ2n) is 6.33. The molecule has 0 aliphatic carbocycles. The Morgan fingerprint density at radius 2 is 1.85 bits per heavy atom. The minimum Gasteiger partial charge on any atom is -0.486 e. The lowest BCUT2D eigenvalue weighted by Crippen LogP contribution is -2.31. The molecule has 6 heteroatoms. The van der Waals surface area contributed by atoms with Gasteiger partial charge in [-0.15, -0.1) is 0 Å². The first-order valence-corrected chi connectivity index (χ1v) is 8.78. The zero-order chi connectivity index (χ0) is 18.5. The van der Waals surface area contributed by atoms with Crippen LogP contribution >= 0.6 is 0 Å². The van der Waals surface area contributed by atoms with E-state index in [1.165, 1.54) is 0 Å². The van der Waals surface area contributed by atoms with Gasteiger partial charge in [0.15, 0.2) is 11.5 Å². The Morgan fingerprint density at radius 3 is 2.62 bits per heavy atom. The number of carbonyl (C=O) groups excluding carboxylic acids is 1. The van der Waals surface area contributed by atoms with Crippen LogP contribution in [0.2, 0.25) is 0 Å². The normalized spacial score (nSPS) is 12.4. The smallest absolute Gasteiger partial charge is 0.321 e. The Balaban J connectivity index is 1.63. The zero-order valence-corrected chi connectivity index (χ0v) is 15.5. The summed E-state index contributed by atoms with van der Waals surface area (Å²) < 4.78 is 11.1. The molecule has 0 aromatic heterocycles. The van der Waals surface area contributed by atoms with Gasteiger partial charge in [0, 0.05) is 38.6 Å². The van der Waals surface area contributed by atoms with Gasteiger partial charge in [-0.1, -0.05) is 12.1 Å². The summed E-state index contributed by atoms with van der Waals surface area (Å²) in [5.74, 6) is 1.49. The Hall–Kier alpha value is -2.89. The Morgan fingerprint density at radius 1 is 1.08 bits per heavy atom. The van der Waals surface area contributed by atoms with Crippen molar-refractivity contribution in [2.45, 2.75) is 13.5 Å². The van der Waals surface area contributed by atoms with E-state index in [0.717, 1.165) is 35.0 Å². The maximum atomic E-state index is 12.5. The zero-order valence-electron chi connectivity index (χ0n) is 15.5. The molecule has 1 N–H and O–H groups in total. The molecule has 0 unspecified atom stereocenters. The van der Waals surface area contributed by atoms with E-state index in [-0.39, 0.29) is 6.03 Å². The van der Waals surface area contributed by atoms with Crippen LogP contribution < -0.4 is 19.7 Å². The summed E-state index contributed by atoms with van der Waals surface area (Å²) in [6.07, 6.45) is 0. The number of ether oxygens (including phenoxy) is 2. The second kappa shape index (κ2) is 7.99. The quantitative estimate of drug-likeness (QED) is 0.891. The van der Waals surface area contributed by atoms with Gasteiger partial charge in [0.1, 0.15) is 13.2 Å². The number of fused-ring (bicyclic) bond motifs is 1. The average Bonchev–Trinajstić information content (AvgIpc) is 2.67. The van der Waals surface area contributed by atoms with Crippen LogP contribution in [0.25, 0.3) is 0 Å². The topological polar surface area (TPSA) is 54.0 Å². The van der Waals surface area contributed by atoms with Crippen LogP contribution in [0, 0.1) is 0 Å². The fourth-order valence-electron chi connectivity index (χ4n) is 2.75. The Bertz CT molecular complexity index is 779. The van der Waals surface area contributed by atoms with E-state index in [9.17, 15) is 4.79 Å². The number of amides is 2. The highest BCUT2D eigenvalue weighted by Crippen LogP contribution is 2.31. The minimum atomic E-state index is -0.156. The van der Waals surface area contributed by atoms with Gasteiger partial charge in [-0.3, -0.25) is 0 Å². The molecule has 0 atom stereocenters. The monoisotopic (exact) mass is 355 g/mol. The third kappa shape index (κ3) is 4.20. The highest BCUT2D eigenvalue weighted by atomic mass is 16.6. The molecule has 0 radical (unpaired) electrons. The molecule has 0 spiro atoms. The standard InChI is InChI=1S/C20H25N3O3/c1-4-22(2)17-7-5-6-16(13-17)21-20(24)23(3)14-15-8-9-18-19(12-15)26-11-10-25-18/h5-9,12-13H,4,10-11,14H2,1-3H3,(H,21,24). The van der Waals surface area contributed by atoms with Gasteiger partial charge in [0.25, 0.3) is 0 Å². The van der Waals surface area contributed by atoms with Crippen molar-refractivity contribution >= 4 is 17.4 Å². The van der Waals surface area contributed by atoms with Gasteiger partial charge in [-0.05, 0) is 42.8 Å². The van der Waals surface area contributed by atoms with Gasteiger partial charge >= 0.3 is 6.03 Å². The lowest BCUT2D eigenvalue weighted by Gasteiger charge is -2.22. The lowest BCUT2D eigenvalue weighted by atomic mass is 10.2. The number of hydrogen-bond donors (Lipinski definition) is 1. The van der Waals surface area contributed by atoms with Crippen molar-refractivity contribution in [2.75, 3.05) is 44.1 Å². The highest BCUT2D eigenvalue weighted by Gasteiger charge is 2.14. The third-order valence-corrected chi connectivity index (χ3v) is 4.39. The van der Waals surface area contributed by atoms with Crippen LogP contribution in [0.5, 0.6) is 11.5 Å². The molecule has 138 valence electrons. The second-order valence-corrected chi connectivity index (χ2v) is 6.33. The Kier molecular flexibility index (Phi) is 5.51. The summed E-state index contributed by atoms with van der Waals surface area (Å²) in [5.41, 5.74) is 2.84. The number of anilines is 2. The van der Waals surface area contributed by atoms with E-state index < -0.39 is 0 Å². The molecule has 2 amide bonds. The SMILES string of the molecule is CCN(C)c1cccc(NC(=O)N(C)Cc2ccc3c(c2)OCCO3)c1. The van der Waals surface area contributed by atoms with Crippen molar-refractivity contribution in [3.05, 3.63) is 48.0 Å². The van der Waals surface area contributed by atoms with Crippen molar-refractivity contribution in [1.29, 1.82) is 0 Å². The van der Waals surface area contributed by atoms with Crippen molar-refractivity contribution in [3.63, 3.8) is 0 Å². The fraction of sp³-hybridized carbons (Fsp3) is 0.350. The molecule has 6 nitrogen and oxygen atoms in total. The van der Waals surface area contributed by atoms with Crippen LogP contribution in [0.3, 0.4) is 0 Å². The van der Waals surface area contributed by atoms with Gasteiger partial charge < -0.3 is 24.6 Å². The average molecular weight is 355 g/mol. The molecule has 3 rings (SSSR count). The molecule has 1 heterocycles. The molecule has 26 heavy (non-hydrogen) atoms. The van der Waals surface area contributed by atoms with E-state index in [2.05, 4.69) is 17.1 Å². The summed E-state index contributed by atoms with van der Waals surface area (Å²) in [4.78, 5) is 16.3. The first-order valence-electron chi connectivity index (χ1n) is 8.78.